The number of carbonyl (C=O) groups excluding carboxylic acids is 2. The summed E-state index contributed by atoms with van der Waals surface area (Å²) in [6.45, 7) is 5.18. The van der Waals surface area contributed by atoms with Crippen molar-refractivity contribution in [3.05, 3.63) is 29.3 Å². The van der Waals surface area contributed by atoms with E-state index in [0.717, 1.165) is 45.4 Å². The molecule has 2 saturated heterocycles. The minimum absolute atomic E-state index is 0.0207. The van der Waals surface area contributed by atoms with Crippen LogP contribution in [0.1, 0.15) is 19.3 Å². The van der Waals surface area contributed by atoms with Gasteiger partial charge in [0.05, 0.1) is 6.54 Å². The molecule has 0 saturated carbocycles. The van der Waals surface area contributed by atoms with Crippen LogP contribution in [0.15, 0.2) is 24.3 Å². The number of amides is 2. The van der Waals surface area contributed by atoms with Crippen molar-refractivity contribution in [1.29, 1.82) is 0 Å². The number of benzene rings is 1. The van der Waals surface area contributed by atoms with E-state index in [1.807, 2.05) is 9.80 Å². The highest BCUT2D eigenvalue weighted by atomic mass is 35.5. The molecule has 2 heterocycles. The van der Waals surface area contributed by atoms with E-state index >= 15 is 0 Å². The number of rotatable bonds is 5. The van der Waals surface area contributed by atoms with Gasteiger partial charge in [0, 0.05) is 44.3 Å². The molecule has 0 spiro atoms. The van der Waals surface area contributed by atoms with Gasteiger partial charge in [0.1, 0.15) is 5.75 Å². The van der Waals surface area contributed by atoms with Gasteiger partial charge in [0.25, 0.3) is 5.91 Å². The van der Waals surface area contributed by atoms with Gasteiger partial charge in [-0.2, -0.15) is 0 Å². The molecule has 0 radical (unpaired) electrons. The van der Waals surface area contributed by atoms with Crippen molar-refractivity contribution >= 4 is 23.4 Å². The zero-order chi connectivity index (χ0) is 18.4. The fourth-order valence-electron chi connectivity index (χ4n) is 3.40. The standard InChI is InChI=1S/C19H26ClN3O3/c20-16-4-6-17(7-5-16)26-15-19(25)23-11-3-8-21(12-13-23)14-18(24)22-9-1-2-10-22/h4-7H,1-3,8-15H2. The molecule has 7 heteroatoms. The molecule has 2 aliphatic heterocycles. The van der Waals surface area contributed by atoms with Crippen LogP contribution in [0.2, 0.25) is 5.02 Å². The van der Waals surface area contributed by atoms with E-state index in [1.54, 1.807) is 24.3 Å². The Bertz CT molecular complexity index is 617. The van der Waals surface area contributed by atoms with Crippen molar-refractivity contribution in [2.45, 2.75) is 19.3 Å². The molecular weight excluding hydrogens is 354 g/mol. The Hall–Kier alpha value is -1.79. The van der Waals surface area contributed by atoms with Crippen molar-refractivity contribution < 1.29 is 14.3 Å². The van der Waals surface area contributed by atoms with Gasteiger partial charge in [-0.3, -0.25) is 14.5 Å². The second kappa shape index (κ2) is 9.24. The van der Waals surface area contributed by atoms with E-state index in [2.05, 4.69) is 4.90 Å². The predicted molar refractivity (Wildman–Crippen MR) is 100 cm³/mol. The van der Waals surface area contributed by atoms with Crippen molar-refractivity contribution in [3.63, 3.8) is 0 Å². The first-order chi connectivity index (χ1) is 12.6. The topological polar surface area (TPSA) is 53.1 Å². The van der Waals surface area contributed by atoms with E-state index in [4.69, 9.17) is 16.3 Å². The summed E-state index contributed by atoms with van der Waals surface area (Å²) < 4.78 is 5.55. The van der Waals surface area contributed by atoms with Crippen LogP contribution in [-0.4, -0.2) is 78.9 Å². The minimum Gasteiger partial charge on any atom is -0.484 e. The first kappa shape index (κ1) is 19.0. The smallest absolute Gasteiger partial charge is 0.260 e. The molecule has 0 aromatic heterocycles. The molecule has 2 aliphatic rings. The molecule has 0 aliphatic carbocycles. The van der Waals surface area contributed by atoms with Gasteiger partial charge in [-0.15, -0.1) is 0 Å². The maximum atomic E-state index is 12.4. The molecule has 0 atom stereocenters. The summed E-state index contributed by atoms with van der Waals surface area (Å²) in [5.74, 6) is 0.830. The molecule has 6 nitrogen and oxygen atoms in total. The molecule has 2 fully saturated rings. The van der Waals surface area contributed by atoms with Crippen molar-refractivity contribution in [3.8, 4) is 5.75 Å². The predicted octanol–water partition coefficient (Wildman–Crippen LogP) is 1.88. The number of halogens is 1. The lowest BCUT2D eigenvalue weighted by Crippen LogP contribution is -2.41. The van der Waals surface area contributed by atoms with Crippen molar-refractivity contribution in [2.24, 2.45) is 0 Å². The lowest BCUT2D eigenvalue weighted by Gasteiger charge is -2.24. The van der Waals surface area contributed by atoms with E-state index in [-0.39, 0.29) is 18.4 Å². The van der Waals surface area contributed by atoms with Crippen LogP contribution in [0.5, 0.6) is 5.75 Å². The molecule has 2 amide bonds. The monoisotopic (exact) mass is 379 g/mol. The molecular formula is C19H26ClN3O3. The van der Waals surface area contributed by atoms with Gasteiger partial charge in [0.15, 0.2) is 6.61 Å². The maximum Gasteiger partial charge on any atom is 0.260 e. The average molecular weight is 380 g/mol. The Kier molecular flexibility index (Phi) is 6.74. The van der Waals surface area contributed by atoms with E-state index in [0.29, 0.717) is 30.4 Å². The van der Waals surface area contributed by atoms with Crippen molar-refractivity contribution in [2.75, 3.05) is 52.4 Å². The molecule has 26 heavy (non-hydrogen) atoms. The Morgan fingerprint density at radius 1 is 0.846 bits per heavy atom. The van der Waals surface area contributed by atoms with Gasteiger partial charge < -0.3 is 14.5 Å². The number of ether oxygens (including phenoxy) is 1. The number of nitrogens with zero attached hydrogens (tertiary/aromatic N) is 3. The summed E-state index contributed by atoms with van der Waals surface area (Å²) in [5, 5.41) is 0.639. The van der Waals surface area contributed by atoms with Crippen LogP contribution in [0.4, 0.5) is 0 Å². The van der Waals surface area contributed by atoms with Gasteiger partial charge in [0.2, 0.25) is 5.91 Å². The molecule has 0 N–H and O–H groups in total. The van der Waals surface area contributed by atoms with Crippen molar-refractivity contribution in [1.82, 2.24) is 14.7 Å². The SMILES string of the molecule is O=C(COc1ccc(Cl)cc1)N1CCCN(CC(=O)N2CCCC2)CC1. The van der Waals surface area contributed by atoms with Crippen LogP contribution >= 0.6 is 11.6 Å². The van der Waals surface area contributed by atoms with Gasteiger partial charge >= 0.3 is 0 Å². The minimum atomic E-state index is -0.0207. The highest BCUT2D eigenvalue weighted by molar-refractivity contribution is 6.30. The summed E-state index contributed by atoms with van der Waals surface area (Å²) >= 11 is 5.84. The molecule has 1 aromatic rings. The summed E-state index contributed by atoms with van der Waals surface area (Å²) in [6.07, 6.45) is 3.10. The van der Waals surface area contributed by atoms with E-state index in [9.17, 15) is 9.59 Å². The fourth-order valence-corrected chi connectivity index (χ4v) is 3.53. The number of hydrogen-bond acceptors (Lipinski definition) is 4. The number of carbonyl (C=O) groups is 2. The Balaban J connectivity index is 1.42. The number of likely N-dealkylation sites (tertiary alicyclic amines) is 1. The van der Waals surface area contributed by atoms with Gasteiger partial charge in [-0.05, 0) is 43.5 Å². The second-order valence-corrected chi connectivity index (χ2v) is 7.28. The lowest BCUT2D eigenvalue weighted by molar-refractivity contribution is -0.133. The highest BCUT2D eigenvalue weighted by Gasteiger charge is 2.23. The molecule has 1 aromatic carbocycles. The normalized spacial score (nSPS) is 18.7. The highest BCUT2D eigenvalue weighted by Crippen LogP contribution is 2.16. The van der Waals surface area contributed by atoms with Crippen LogP contribution in [0.3, 0.4) is 0 Å². The summed E-state index contributed by atoms with van der Waals surface area (Å²) in [6, 6.07) is 6.98. The summed E-state index contributed by atoms with van der Waals surface area (Å²) in [7, 11) is 0. The third kappa shape index (κ3) is 5.35. The van der Waals surface area contributed by atoms with Gasteiger partial charge in [-0.25, -0.2) is 0 Å². The zero-order valence-corrected chi connectivity index (χ0v) is 15.8. The van der Waals surface area contributed by atoms with Crippen LogP contribution in [0, 0.1) is 0 Å². The molecule has 0 unspecified atom stereocenters. The van der Waals surface area contributed by atoms with Gasteiger partial charge in [-0.1, -0.05) is 11.6 Å². The zero-order valence-electron chi connectivity index (χ0n) is 15.0. The summed E-state index contributed by atoms with van der Waals surface area (Å²) in [4.78, 5) is 30.7. The first-order valence-corrected chi connectivity index (χ1v) is 9.66. The van der Waals surface area contributed by atoms with Crippen LogP contribution in [0.25, 0.3) is 0 Å². The fraction of sp³-hybridized carbons (Fsp3) is 0.579. The van der Waals surface area contributed by atoms with E-state index in [1.165, 1.54) is 0 Å². The molecule has 3 rings (SSSR count). The Morgan fingerprint density at radius 2 is 1.50 bits per heavy atom. The molecule has 142 valence electrons. The third-order valence-electron chi connectivity index (χ3n) is 4.93. The largest absolute Gasteiger partial charge is 0.484 e. The second-order valence-electron chi connectivity index (χ2n) is 6.84. The third-order valence-corrected chi connectivity index (χ3v) is 5.19. The maximum absolute atomic E-state index is 12.4. The van der Waals surface area contributed by atoms with Crippen LogP contribution < -0.4 is 4.74 Å². The van der Waals surface area contributed by atoms with Crippen LogP contribution in [-0.2, 0) is 9.59 Å². The summed E-state index contributed by atoms with van der Waals surface area (Å²) in [5.41, 5.74) is 0. The number of hydrogen-bond donors (Lipinski definition) is 0. The quantitative estimate of drug-likeness (QED) is 0.783. The lowest BCUT2D eigenvalue weighted by atomic mass is 10.3. The first-order valence-electron chi connectivity index (χ1n) is 9.28. The Morgan fingerprint density at radius 3 is 2.23 bits per heavy atom. The van der Waals surface area contributed by atoms with E-state index < -0.39 is 0 Å². The molecule has 0 bridgehead atoms. The Labute approximate surface area is 159 Å². The average Bonchev–Trinajstić information content (AvgIpc) is 3.09.